The van der Waals surface area contributed by atoms with Crippen LogP contribution in [0, 0.1) is 0 Å². The van der Waals surface area contributed by atoms with Gasteiger partial charge in [-0.15, -0.1) is 0 Å². The Morgan fingerprint density at radius 3 is 3.31 bits per heavy atom. The zero-order valence-corrected chi connectivity index (χ0v) is 8.30. The van der Waals surface area contributed by atoms with Crippen LogP contribution in [0.4, 0.5) is 0 Å². The summed E-state index contributed by atoms with van der Waals surface area (Å²) in [6.45, 7) is 0.986. The number of fused-ring (bicyclic) bond motifs is 1. The minimum absolute atomic E-state index is 0.138. The van der Waals surface area contributed by atoms with Crippen LogP contribution in [0.25, 0.3) is 0 Å². The van der Waals surface area contributed by atoms with E-state index in [0.29, 0.717) is 24.6 Å². The van der Waals surface area contributed by atoms with Gasteiger partial charge in [-0.3, -0.25) is 4.79 Å². The average molecular weight is 243 g/mol. The predicted octanol–water partition coefficient (Wildman–Crippen LogP) is 0.966. The van der Waals surface area contributed by atoms with E-state index in [0.717, 1.165) is 4.47 Å². The van der Waals surface area contributed by atoms with Gasteiger partial charge in [-0.1, -0.05) is 0 Å². The van der Waals surface area contributed by atoms with E-state index >= 15 is 0 Å². The number of aromatic nitrogens is 1. The lowest BCUT2D eigenvalue weighted by atomic mass is 10.2. The van der Waals surface area contributed by atoms with Crippen molar-refractivity contribution in [3.05, 3.63) is 22.3 Å². The van der Waals surface area contributed by atoms with E-state index < -0.39 is 0 Å². The van der Waals surface area contributed by atoms with Gasteiger partial charge >= 0.3 is 0 Å². The highest BCUT2D eigenvalue weighted by Crippen LogP contribution is 2.20. The fourth-order valence-electron chi connectivity index (χ4n) is 1.11. The van der Waals surface area contributed by atoms with Crippen LogP contribution in [0.1, 0.15) is 10.4 Å². The molecule has 0 atom stereocenters. The Bertz CT molecular complexity index is 354. The summed E-state index contributed by atoms with van der Waals surface area (Å²) in [5.74, 6) is 0.263. The molecule has 1 N–H and O–H groups in total. The molecule has 0 radical (unpaired) electrons. The van der Waals surface area contributed by atoms with Crippen molar-refractivity contribution in [1.82, 2.24) is 10.3 Å². The first-order valence-electron chi connectivity index (χ1n) is 3.84. The van der Waals surface area contributed by atoms with Crippen molar-refractivity contribution >= 4 is 21.8 Å². The highest BCUT2D eigenvalue weighted by atomic mass is 79.9. The molecular weight excluding hydrogens is 236 g/mol. The van der Waals surface area contributed by atoms with Crippen LogP contribution in [-0.2, 0) is 0 Å². The molecule has 13 heavy (non-hydrogen) atoms. The first kappa shape index (κ1) is 8.50. The van der Waals surface area contributed by atoms with Gasteiger partial charge in [0.2, 0.25) is 5.88 Å². The van der Waals surface area contributed by atoms with Gasteiger partial charge < -0.3 is 10.1 Å². The normalized spacial score (nSPS) is 15.3. The lowest BCUT2D eigenvalue weighted by molar-refractivity contribution is 0.0957. The fraction of sp³-hybridized carbons (Fsp3) is 0.250. The maximum absolute atomic E-state index is 11.4. The van der Waals surface area contributed by atoms with Crippen LogP contribution in [0.3, 0.4) is 0 Å². The predicted molar refractivity (Wildman–Crippen MR) is 49.8 cm³/mol. The molecule has 2 rings (SSSR count). The highest BCUT2D eigenvalue weighted by molar-refractivity contribution is 9.10. The third kappa shape index (κ3) is 1.65. The molecular formula is C8H7BrN2O2. The van der Waals surface area contributed by atoms with E-state index in [9.17, 15) is 4.79 Å². The summed E-state index contributed by atoms with van der Waals surface area (Å²) in [4.78, 5) is 15.4. The first-order valence-corrected chi connectivity index (χ1v) is 4.63. The number of ether oxygens (including phenoxy) is 1. The van der Waals surface area contributed by atoms with E-state index in [1.54, 1.807) is 12.3 Å². The van der Waals surface area contributed by atoms with Crippen LogP contribution < -0.4 is 10.1 Å². The number of hydrogen-bond acceptors (Lipinski definition) is 3. The van der Waals surface area contributed by atoms with Gasteiger partial charge in [0.05, 0.1) is 6.54 Å². The fourth-order valence-corrected chi connectivity index (χ4v) is 1.44. The second-order valence-corrected chi connectivity index (χ2v) is 3.53. The Hall–Kier alpha value is -1.10. The van der Waals surface area contributed by atoms with E-state index in [1.165, 1.54) is 0 Å². The van der Waals surface area contributed by atoms with Gasteiger partial charge in [-0.2, -0.15) is 0 Å². The van der Waals surface area contributed by atoms with E-state index in [1.807, 2.05) is 0 Å². The molecule has 1 aromatic heterocycles. The van der Waals surface area contributed by atoms with E-state index in [4.69, 9.17) is 4.74 Å². The topological polar surface area (TPSA) is 51.2 Å². The van der Waals surface area contributed by atoms with Gasteiger partial charge in [0.1, 0.15) is 12.2 Å². The molecule has 0 aromatic carbocycles. The maximum Gasteiger partial charge on any atom is 0.256 e. The number of pyridine rings is 1. The quantitative estimate of drug-likeness (QED) is 0.738. The van der Waals surface area contributed by atoms with Gasteiger partial charge in [0.25, 0.3) is 5.91 Å². The molecule has 68 valence electrons. The maximum atomic E-state index is 11.4. The monoisotopic (exact) mass is 242 g/mol. The molecule has 0 bridgehead atoms. The minimum Gasteiger partial charge on any atom is -0.475 e. The third-order valence-electron chi connectivity index (χ3n) is 1.69. The summed E-state index contributed by atoms with van der Waals surface area (Å²) < 4.78 is 6.03. The molecule has 4 nitrogen and oxygen atoms in total. The lowest BCUT2D eigenvalue weighted by Gasteiger charge is -2.02. The number of rotatable bonds is 0. The molecule has 1 amide bonds. The average Bonchev–Trinajstić information content (AvgIpc) is 2.29. The van der Waals surface area contributed by atoms with Crippen molar-refractivity contribution in [3.8, 4) is 5.88 Å². The minimum atomic E-state index is -0.138. The van der Waals surface area contributed by atoms with E-state index in [2.05, 4.69) is 26.2 Å². The Morgan fingerprint density at radius 1 is 1.62 bits per heavy atom. The molecule has 1 aliphatic rings. The second-order valence-electron chi connectivity index (χ2n) is 2.61. The number of carbonyl (C=O) groups is 1. The first-order chi connectivity index (χ1) is 6.27. The highest BCUT2D eigenvalue weighted by Gasteiger charge is 2.17. The summed E-state index contributed by atoms with van der Waals surface area (Å²) in [6, 6.07) is 1.70. The number of nitrogens with one attached hydrogen (secondary N) is 1. The molecule has 1 aliphatic heterocycles. The number of amides is 1. The van der Waals surface area contributed by atoms with Crippen molar-refractivity contribution in [1.29, 1.82) is 0 Å². The summed E-state index contributed by atoms with van der Waals surface area (Å²) in [5.41, 5.74) is 0.479. The van der Waals surface area contributed by atoms with Crippen LogP contribution in [-0.4, -0.2) is 24.0 Å². The Balaban J connectivity index is 2.49. The van der Waals surface area contributed by atoms with Crippen molar-refractivity contribution in [3.63, 3.8) is 0 Å². The molecule has 0 aliphatic carbocycles. The molecule has 2 heterocycles. The molecule has 1 aromatic rings. The number of nitrogens with zero attached hydrogens (tertiary/aromatic N) is 1. The van der Waals surface area contributed by atoms with Crippen LogP contribution in [0.2, 0.25) is 0 Å². The summed E-state index contributed by atoms with van der Waals surface area (Å²) >= 11 is 3.25. The molecule has 0 spiro atoms. The summed E-state index contributed by atoms with van der Waals surface area (Å²) in [7, 11) is 0. The number of halogens is 1. The van der Waals surface area contributed by atoms with Crippen molar-refractivity contribution in [2.75, 3.05) is 13.2 Å². The number of carbonyl (C=O) groups excluding carboxylic acids is 1. The van der Waals surface area contributed by atoms with Gasteiger partial charge in [-0.25, -0.2) is 4.98 Å². The van der Waals surface area contributed by atoms with Crippen molar-refractivity contribution in [2.24, 2.45) is 0 Å². The molecule has 0 fully saturated rings. The molecule has 0 unspecified atom stereocenters. The molecule has 0 saturated heterocycles. The largest absolute Gasteiger partial charge is 0.475 e. The standard InChI is InChI=1S/C8H7BrN2O2/c9-5-3-6-7(12)10-1-2-13-8(6)11-4-5/h3-4H,1-2H2,(H,10,12). The number of hydrogen-bond donors (Lipinski definition) is 1. The summed E-state index contributed by atoms with van der Waals surface area (Å²) in [5, 5.41) is 2.70. The second kappa shape index (κ2) is 3.33. The zero-order valence-electron chi connectivity index (χ0n) is 6.71. The van der Waals surface area contributed by atoms with Crippen LogP contribution >= 0.6 is 15.9 Å². The molecule has 0 saturated carbocycles. The Morgan fingerprint density at radius 2 is 2.46 bits per heavy atom. The SMILES string of the molecule is O=C1NCCOc2ncc(Br)cc21. The van der Waals surface area contributed by atoms with Gasteiger partial charge in [0.15, 0.2) is 0 Å². The smallest absolute Gasteiger partial charge is 0.256 e. The lowest BCUT2D eigenvalue weighted by Crippen LogP contribution is -2.24. The Kier molecular flexibility index (Phi) is 2.18. The summed E-state index contributed by atoms with van der Waals surface area (Å²) in [6.07, 6.45) is 1.61. The van der Waals surface area contributed by atoms with E-state index in [-0.39, 0.29) is 5.91 Å². The Labute approximate surface area is 83.4 Å². The third-order valence-corrected chi connectivity index (χ3v) is 2.12. The van der Waals surface area contributed by atoms with Gasteiger partial charge in [0, 0.05) is 10.7 Å². The van der Waals surface area contributed by atoms with Crippen molar-refractivity contribution < 1.29 is 9.53 Å². The van der Waals surface area contributed by atoms with Crippen LogP contribution in [0.15, 0.2) is 16.7 Å². The zero-order chi connectivity index (χ0) is 9.26. The van der Waals surface area contributed by atoms with Gasteiger partial charge in [-0.05, 0) is 22.0 Å². The molecule has 5 heteroatoms. The van der Waals surface area contributed by atoms with Crippen molar-refractivity contribution in [2.45, 2.75) is 0 Å². The van der Waals surface area contributed by atoms with Crippen LogP contribution in [0.5, 0.6) is 5.88 Å².